The van der Waals surface area contributed by atoms with Crippen molar-refractivity contribution < 1.29 is 9.53 Å². The van der Waals surface area contributed by atoms with Crippen LogP contribution in [0, 0.1) is 0 Å². The van der Waals surface area contributed by atoms with Crippen LogP contribution in [0.2, 0.25) is 5.02 Å². The van der Waals surface area contributed by atoms with E-state index in [2.05, 4.69) is 10.3 Å². The molecule has 27 heavy (non-hydrogen) atoms. The molecular formula is C19H18ClN3O3S. The molecule has 0 radical (unpaired) electrons. The van der Waals surface area contributed by atoms with Crippen LogP contribution in [0.3, 0.4) is 0 Å². The number of aromatic nitrogens is 2. The van der Waals surface area contributed by atoms with E-state index in [-0.39, 0.29) is 17.2 Å². The van der Waals surface area contributed by atoms with Gasteiger partial charge in [-0.2, -0.15) is 0 Å². The largest absolute Gasteiger partial charge is 0.495 e. The van der Waals surface area contributed by atoms with E-state index in [4.69, 9.17) is 16.3 Å². The van der Waals surface area contributed by atoms with Gasteiger partial charge in [0.1, 0.15) is 5.75 Å². The molecule has 2 aromatic carbocycles. The van der Waals surface area contributed by atoms with Crippen molar-refractivity contribution in [1.82, 2.24) is 9.55 Å². The second-order valence-electron chi connectivity index (χ2n) is 5.65. The predicted molar refractivity (Wildman–Crippen MR) is 109 cm³/mol. The highest BCUT2D eigenvalue weighted by molar-refractivity contribution is 7.99. The third kappa shape index (κ3) is 4.26. The molecule has 8 heteroatoms. The van der Waals surface area contributed by atoms with Gasteiger partial charge in [0, 0.05) is 12.2 Å². The summed E-state index contributed by atoms with van der Waals surface area (Å²) in [5.41, 5.74) is 1.09. The molecule has 0 fully saturated rings. The smallest absolute Gasteiger partial charge is 0.262 e. The van der Waals surface area contributed by atoms with Gasteiger partial charge in [0.2, 0.25) is 5.91 Å². The summed E-state index contributed by atoms with van der Waals surface area (Å²) in [5, 5.41) is 4.28. The number of anilines is 1. The molecule has 0 atom stereocenters. The van der Waals surface area contributed by atoms with E-state index >= 15 is 0 Å². The highest BCUT2D eigenvalue weighted by atomic mass is 35.5. The number of amides is 1. The topological polar surface area (TPSA) is 73.2 Å². The van der Waals surface area contributed by atoms with Gasteiger partial charge in [0.25, 0.3) is 5.56 Å². The number of methoxy groups -OCH3 is 1. The highest BCUT2D eigenvalue weighted by Crippen LogP contribution is 2.27. The van der Waals surface area contributed by atoms with Crippen molar-refractivity contribution in [2.24, 2.45) is 0 Å². The lowest BCUT2D eigenvalue weighted by molar-refractivity contribution is -0.113. The Hall–Kier alpha value is -2.51. The Bertz CT molecular complexity index is 1050. The fourth-order valence-electron chi connectivity index (χ4n) is 2.61. The Morgan fingerprint density at radius 3 is 2.78 bits per heavy atom. The monoisotopic (exact) mass is 403 g/mol. The summed E-state index contributed by atoms with van der Waals surface area (Å²) in [6, 6.07) is 12.2. The third-order valence-electron chi connectivity index (χ3n) is 3.91. The van der Waals surface area contributed by atoms with Crippen LogP contribution in [-0.2, 0) is 11.3 Å². The summed E-state index contributed by atoms with van der Waals surface area (Å²) in [6.07, 6.45) is 0. The molecule has 0 aliphatic rings. The number of hydrogen-bond acceptors (Lipinski definition) is 5. The van der Waals surface area contributed by atoms with E-state index in [1.807, 2.05) is 19.1 Å². The van der Waals surface area contributed by atoms with Gasteiger partial charge in [-0.05, 0) is 37.3 Å². The molecule has 0 saturated heterocycles. The quantitative estimate of drug-likeness (QED) is 0.500. The molecule has 1 amide bonds. The molecule has 1 N–H and O–H groups in total. The summed E-state index contributed by atoms with van der Waals surface area (Å²) in [7, 11) is 1.53. The molecule has 0 aliphatic heterocycles. The van der Waals surface area contributed by atoms with Gasteiger partial charge in [0.15, 0.2) is 5.16 Å². The lowest BCUT2D eigenvalue weighted by Gasteiger charge is -2.11. The zero-order valence-corrected chi connectivity index (χ0v) is 16.4. The van der Waals surface area contributed by atoms with Crippen LogP contribution in [0.4, 0.5) is 5.69 Å². The zero-order valence-electron chi connectivity index (χ0n) is 14.9. The predicted octanol–water partition coefficient (Wildman–Crippen LogP) is 3.81. The number of nitrogens with zero attached hydrogens (tertiary/aromatic N) is 2. The first kappa shape index (κ1) is 19.3. The van der Waals surface area contributed by atoms with Crippen LogP contribution >= 0.6 is 23.4 Å². The van der Waals surface area contributed by atoms with Gasteiger partial charge in [-0.1, -0.05) is 35.5 Å². The maximum absolute atomic E-state index is 12.6. The minimum Gasteiger partial charge on any atom is -0.495 e. The normalized spacial score (nSPS) is 10.8. The van der Waals surface area contributed by atoms with E-state index in [0.717, 1.165) is 0 Å². The lowest BCUT2D eigenvalue weighted by Crippen LogP contribution is -2.23. The molecule has 0 spiro atoms. The molecule has 3 aromatic rings. The minimum atomic E-state index is -0.216. The molecule has 0 saturated carbocycles. The Kier molecular flexibility index (Phi) is 6.03. The van der Waals surface area contributed by atoms with E-state index in [9.17, 15) is 9.59 Å². The third-order valence-corrected chi connectivity index (χ3v) is 5.18. The molecule has 6 nitrogen and oxygen atoms in total. The summed E-state index contributed by atoms with van der Waals surface area (Å²) in [6.45, 7) is 2.36. The number of carbonyl (C=O) groups is 1. The number of halogens is 1. The van der Waals surface area contributed by atoms with E-state index in [1.165, 1.54) is 18.9 Å². The van der Waals surface area contributed by atoms with Gasteiger partial charge in [0.05, 0.1) is 28.8 Å². The van der Waals surface area contributed by atoms with Gasteiger partial charge in [-0.25, -0.2) is 4.98 Å². The average molecular weight is 404 g/mol. The molecule has 1 heterocycles. The van der Waals surface area contributed by atoms with Crippen LogP contribution < -0.4 is 15.6 Å². The molecule has 3 rings (SSSR count). The Morgan fingerprint density at radius 2 is 2.07 bits per heavy atom. The van der Waals surface area contributed by atoms with E-state index in [0.29, 0.717) is 39.1 Å². The van der Waals surface area contributed by atoms with E-state index in [1.54, 1.807) is 34.9 Å². The molecular weight excluding hydrogens is 386 g/mol. The molecule has 0 aliphatic carbocycles. The highest BCUT2D eigenvalue weighted by Gasteiger charge is 2.12. The minimum absolute atomic E-state index is 0.104. The van der Waals surface area contributed by atoms with Gasteiger partial charge in [-0.15, -0.1) is 0 Å². The number of nitrogens with one attached hydrogen (secondary N) is 1. The fourth-order valence-corrected chi connectivity index (χ4v) is 3.73. The number of carbonyl (C=O) groups excluding carboxylic acids is 1. The number of fused-ring (bicyclic) bond motifs is 1. The van der Waals surface area contributed by atoms with Crippen molar-refractivity contribution in [2.45, 2.75) is 18.6 Å². The van der Waals surface area contributed by atoms with Crippen molar-refractivity contribution in [2.75, 3.05) is 18.2 Å². The maximum Gasteiger partial charge on any atom is 0.262 e. The number of hydrogen-bond donors (Lipinski definition) is 1. The van der Waals surface area contributed by atoms with Crippen LogP contribution in [-0.4, -0.2) is 28.3 Å². The molecule has 0 unspecified atom stereocenters. The first-order valence-corrected chi connectivity index (χ1v) is 9.65. The second-order valence-corrected chi connectivity index (χ2v) is 7.00. The number of benzene rings is 2. The van der Waals surface area contributed by atoms with Crippen LogP contribution in [0.5, 0.6) is 5.75 Å². The molecule has 0 bridgehead atoms. The second kappa shape index (κ2) is 8.45. The lowest BCUT2D eigenvalue weighted by atomic mass is 10.2. The summed E-state index contributed by atoms with van der Waals surface area (Å²) >= 11 is 7.29. The number of rotatable bonds is 6. The van der Waals surface area contributed by atoms with Crippen LogP contribution in [0.15, 0.2) is 52.4 Å². The van der Waals surface area contributed by atoms with Crippen molar-refractivity contribution >= 4 is 45.9 Å². The van der Waals surface area contributed by atoms with Crippen molar-refractivity contribution in [3.63, 3.8) is 0 Å². The first-order valence-electron chi connectivity index (χ1n) is 8.29. The number of para-hydroxylation sites is 1. The number of ether oxygens (including phenoxy) is 1. The maximum atomic E-state index is 12.6. The van der Waals surface area contributed by atoms with Crippen LogP contribution in [0.1, 0.15) is 6.92 Å². The summed E-state index contributed by atoms with van der Waals surface area (Å²) in [5.74, 6) is 0.441. The van der Waals surface area contributed by atoms with Gasteiger partial charge < -0.3 is 10.1 Å². The van der Waals surface area contributed by atoms with Crippen LogP contribution in [0.25, 0.3) is 10.9 Å². The van der Waals surface area contributed by atoms with Crippen molar-refractivity contribution in [3.05, 3.63) is 57.8 Å². The van der Waals surface area contributed by atoms with E-state index < -0.39 is 0 Å². The fraction of sp³-hybridized carbons (Fsp3) is 0.211. The molecule has 1 aromatic heterocycles. The SMILES string of the molecule is CCn1c(SCC(=O)Nc2ccc(OC)c(Cl)c2)nc2ccccc2c1=O. The average Bonchev–Trinajstić information content (AvgIpc) is 2.67. The zero-order chi connectivity index (χ0) is 19.4. The Labute approximate surface area is 165 Å². The Balaban J connectivity index is 1.75. The standard InChI is InChI=1S/C19H18ClN3O3S/c1-3-23-18(25)13-6-4-5-7-15(13)22-19(23)27-11-17(24)21-12-8-9-16(26-2)14(20)10-12/h4-10H,3,11H2,1-2H3,(H,21,24). The molecule has 140 valence electrons. The van der Waals surface area contributed by atoms with Crippen molar-refractivity contribution in [3.8, 4) is 5.75 Å². The first-order chi connectivity index (χ1) is 13.0. The Morgan fingerprint density at radius 1 is 1.30 bits per heavy atom. The number of thioether (sulfide) groups is 1. The van der Waals surface area contributed by atoms with Gasteiger partial charge >= 0.3 is 0 Å². The summed E-state index contributed by atoms with van der Waals surface area (Å²) < 4.78 is 6.67. The summed E-state index contributed by atoms with van der Waals surface area (Å²) in [4.78, 5) is 29.4. The van der Waals surface area contributed by atoms with Crippen molar-refractivity contribution in [1.29, 1.82) is 0 Å². The van der Waals surface area contributed by atoms with Gasteiger partial charge in [-0.3, -0.25) is 14.2 Å².